The number of piperidine rings is 1. The average Bonchev–Trinajstić information content (AvgIpc) is 2.37. The van der Waals surface area contributed by atoms with Crippen LogP contribution in [-0.4, -0.2) is 30.4 Å². The molecule has 1 aliphatic rings. The standard InChI is InChI=1S/C16H20ClN3O/c1-11-5-12(2)9-20(8-11)10-16(21)19-14-4-3-13(7-18)15(17)6-14/h3-4,6,11-12H,5,8-10H2,1-2H3,(H,19,21)/t11-,12-/m1/s1. The molecule has 21 heavy (non-hydrogen) atoms. The maximum atomic E-state index is 12.1. The summed E-state index contributed by atoms with van der Waals surface area (Å²) in [4.78, 5) is 14.3. The van der Waals surface area contributed by atoms with Gasteiger partial charge in [-0.15, -0.1) is 0 Å². The molecule has 1 aliphatic heterocycles. The van der Waals surface area contributed by atoms with Gasteiger partial charge < -0.3 is 5.32 Å². The van der Waals surface area contributed by atoms with Gasteiger partial charge in [-0.3, -0.25) is 9.69 Å². The van der Waals surface area contributed by atoms with E-state index in [1.54, 1.807) is 18.2 Å². The van der Waals surface area contributed by atoms with Crippen molar-refractivity contribution < 1.29 is 4.79 Å². The number of hydrogen-bond donors (Lipinski definition) is 1. The summed E-state index contributed by atoms with van der Waals surface area (Å²) in [6.45, 7) is 6.77. The Bertz CT molecular complexity index is 557. The van der Waals surface area contributed by atoms with Crippen LogP contribution >= 0.6 is 11.6 Å². The smallest absolute Gasteiger partial charge is 0.238 e. The molecule has 1 aromatic rings. The molecule has 5 heteroatoms. The summed E-state index contributed by atoms with van der Waals surface area (Å²) in [5, 5.41) is 12.0. The third-order valence-corrected chi connectivity index (χ3v) is 4.00. The highest BCUT2D eigenvalue weighted by atomic mass is 35.5. The zero-order chi connectivity index (χ0) is 15.4. The molecular formula is C16H20ClN3O. The van der Waals surface area contributed by atoms with Crippen molar-refractivity contribution in [2.24, 2.45) is 11.8 Å². The van der Waals surface area contributed by atoms with Gasteiger partial charge in [0.2, 0.25) is 5.91 Å². The van der Waals surface area contributed by atoms with E-state index in [4.69, 9.17) is 16.9 Å². The lowest BCUT2D eigenvalue weighted by Gasteiger charge is -2.34. The van der Waals surface area contributed by atoms with E-state index in [0.29, 0.717) is 34.7 Å². The van der Waals surface area contributed by atoms with Crippen molar-refractivity contribution in [3.8, 4) is 6.07 Å². The first-order valence-corrected chi connectivity index (χ1v) is 7.57. The first-order valence-electron chi connectivity index (χ1n) is 7.19. The van der Waals surface area contributed by atoms with Crippen LogP contribution in [0.1, 0.15) is 25.8 Å². The van der Waals surface area contributed by atoms with Crippen molar-refractivity contribution in [3.05, 3.63) is 28.8 Å². The van der Waals surface area contributed by atoms with Gasteiger partial charge >= 0.3 is 0 Å². The summed E-state index contributed by atoms with van der Waals surface area (Å²) in [6.07, 6.45) is 1.23. The van der Waals surface area contributed by atoms with E-state index < -0.39 is 0 Å². The van der Waals surface area contributed by atoms with E-state index in [9.17, 15) is 4.79 Å². The molecule has 0 saturated carbocycles. The van der Waals surface area contributed by atoms with Crippen LogP contribution in [0.25, 0.3) is 0 Å². The molecule has 0 aliphatic carbocycles. The molecule has 2 atom stereocenters. The Balaban J connectivity index is 1.93. The number of benzene rings is 1. The zero-order valence-electron chi connectivity index (χ0n) is 12.4. The lowest BCUT2D eigenvalue weighted by molar-refractivity contribution is -0.117. The van der Waals surface area contributed by atoms with Crippen molar-refractivity contribution in [2.75, 3.05) is 25.0 Å². The highest BCUT2D eigenvalue weighted by molar-refractivity contribution is 6.32. The van der Waals surface area contributed by atoms with Crippen LogP contribution in [0.2, 0.25) is 5.02 Å². The fourth-order valence-electron chi connectivity index (χ4n) is 3.01. The molecule has 1 aromatic carbocycles. The topological polar surface area (TPSA) is 56.1 Å². The largest absolute Gasteiger partial charge is 0.325 e. The summed E-state index contributed by atoms with van der Waals surface area (Å²) >= 11 is 5.96. The molecule has 0 radical (unpaired) electrons. The minimum absolute atomic E-state index is 0.0444. The Morgan fingerprint density at radius 2 is 2.10 bits per heavy atom. The summed E-state index contributed by atoms with van der Waals surface area (Å²) in [6, 6.07) is 6.92. The number of likely N-dealkylation sites (tertiary alicyclic amines) is 1. The maximum Gasteiger partial charge on any atom is 0.238 e. The Kier molecular flexibility index (Phi) is 5.22. The van der Waals surface area contributed by atoms with Gasteiger partial charge in [-0.05, 0) is 36.5 Å². The Morgan fingerprint density at radius 1 is 1.43 bits per heavy atom. The molecule has 2 rings (SSSR count). The second kappa shape index (κ2) is 6.93. The van der Waals surface area contributed by atoms with E-state index in [1.165, 1.54) is 6.42 Å². The van der Waals surface area contributed by atoms with E-state index in [1.807, 2.05) is 6.07 Å². The molecule has 0 spiro atoms. The van der Waals surface area contributed by atoms with Crippen LogP contribution in [0.4, 0.5) is 5.69 Å². The number of nitriles is 1. The second-order valence-corrected chi connectivity index (χ2v) is 6.40. The van der Waals surface area contributed by atoms with Gasteiger partial charge in [-0.2, -0.15) is 5.26 Å². The Labute approximate surface area is 130 Å². The average molecular weight is 306 g/mol. The number of anilines is 1. The SMILES string of the molecule is C[C@@H]1C[C@@H](C)CN(CC(=O)Nc2ccc(C#N)c(Cl)c2)C1. The third-order valence-electron chi connectivity index (χ3n) is 3.68. The molecule has 1 amide bonds. The van der Waals surface area contributed by atoms with Crippen LogP contribution in [0.5, 0.6) is 0 Å². The lowest BCUT2D eigenvalue weighted by Crippen LogP contribution is -2.42. The van der Waals surface area contributed by atoms with Crippen molar-refractivity contribution in [1.29, 1.82) is 5.26 Å². The van der Waals surface area contributed by atoms with Crippen molar-refractivity contribution in [1.82, 2.24) is 4.90 Å². The number of nitrogens with one attached hydrogen (secondary N) is 1. The summed E-state index contributed by atoms with van der Waals surface area (Å²) < 4.78 is 0. The van der Waals surface area contributed by atoms with Crippen LogP contribution < -0.4 is 5.32 Å². The van der Waals surface area contributed by atoms with Crippen molar-refractivity contribution >= 4 is 23.2 Å². The number of halogens is 1. The van der Waals surface area contributed by atoms with E-state index in [0.717, 1.165) is 13.1 Å². The van der Waals surface area contributed by atoms with Crippen LogP contribution in [0.15, 0.2) is 18.2 Å². The molecule has 1 heterocycles. The Hall–Kier alpha value is -1.57. The molecule has 1 fully saturated rings. The molecular weight excluding hydrogens is 286 g/mol. The molecule has 4 nitrogen and oxygen atoms in total. The van der Waals surface area contributed by atoms with E-state index in [2.05, 4.69) is 24.1 Å². The zero-order valence-corrected chi connectivity index (χ0v) is 13.2. The lowest BCUT2D eigenvalue weighted by atomic mass is 9.92. The molecule has 1 saturated heterocycles. The first-order chi connectivity index (χ1) is 9.97. The van der Waals surface area contributed by atoms with Crippen LogP contribution in [-0.2, 0) is 4.79 Å². The van der Waals surface area contributed by atoms with Gasteiger partial charge in [-0.25, -0.2) is 0 Å². The third kappa shape index (κ3) is 4.45. The molecule has 0 bridgehead atoms. The number of amides is 1. The van der Waals surface area contributed by atoms with Gasteiger partial charge in [0.25, 0.3) is 0 Å². The van der Waals surface area contributed by atoms with Crippen molar-refractivity contribution in [2.45, 2.75) is 20.3 Å². The monoisotopic (exact) mass is 305 g/mol. The fraction of sp³-hybridized carbons (Fsp3) is 0.500. The normalized spacial score (nSPS) is 22.6. The highest BCUT2D eigenvalue weighted by Crippen LogP contribution is 2.22. The van der Waals surface area contributed by atoms with Crippen molar-refractivity contribution in [3.63, 3.8) is 0 Å². The number of carbonyl (C=O) groups is 1. The fourth-order valence-corrected chi connectivity index (χ4v) is 3.23. The predicted octanol–water partition coefficient (Wildman–Crippen LogP) is 3.13. The minimum atomic E-state index is -0.0444. The summed E-state index contributed by atoms with van der Waals surface area (Å²) in [5.74, 6) is 1.22. The van der Waals surface area contributed by atoms with Gasteiger partial charge in [0.05, 0.1) is 17.1 Å². The molecule has 112 valence electrons. The minimum Gasteiger partial charge on any atom is -0.325 e. The Morgan fingerprint density at radius 3 is 2.67 bits per heavy atom. The number of nitrogens with zero attached hydrogens (tertiary/aromatic N) is 2. The van der Waals surface area contributed by atoms with Crippen LogP contribution in [0.3, 0.4) is 0 Å². The van der Waals surface area contributed by atoms with E-state index in [-0.39, 0.29) is 5.91 Å². The highest BCUT2D eigenvalue weighted by Gasteiger charge is 2.23. The maximum absolute atomic E-state index is 12.1. The van der Waals surface area contributed by atoms with Gasteiger partial charge in [-0.1, -0.05) is 25.4 Å². The van der Waals surface area contributed by atoms with Crippen LogP contribution in [0, 0.1) is 23.2 Å². The molecule has 1 N–H and O–H groups in total. The molecule has 0 aromatic heterocycles. The van der Waals surface area contributed by atoms with Gasteiger partial charge in [0, 0.05) is 18.8 Å². The predicted molar refractivity (Wildman–Crippen MR) is 84.2 cm³/mol. The number of hydrogen-bond acceptors (Lipinski definition) is 3. The number of carbonyl (C=O) groups excluding carboxylic acids is 1. The van der Waals surface area contributed by atoms with E-state index >= 15 is 0 Å². The quantitative estimate of drug-likeness (QED) is 0.933. The summed E-state index contributed by atoms with van der Waals surface area (Å²) in [7, 11) is 0. The summed E-state index contributed by atoms with van der Waals surface area (Å²) in [5.41, 5.74) is 1.04. The second-order valence-electron chi connectivity index (χ2n) is 5.99. The van der Waals surface area contributed by atoms with Gasteiger partial charge in [0.1, 0.15) is 6.07 Å². The first kappa shape index (κ1) is 15.8. The number of rotatable bonds is 3. The molecule has 0 unspecified atom stereocenters. The van der Waals surface area contributed by atoms with Gasteiger partial charge in [0.15, 0.2) is 0 Å².